The molecule has 0 radical (unpaired) electrons. The normalized spacial score (nSPS) is 20.5. The van der Waals surface area contributed by atoms with Crippen LogP contribution in [0.4, 0.5) is 5.69 Å². The molecule has 1 aliphatic heterocycles. The third kappa shape index (κ3) is 8.21. The summed E-state index contributed by atoms with van der Waals surface area (Å²) in [6.45, 7) is 6.07. The van der Waals surface area contributed by atoms with Crippen LogP contribution in [0.2, 0.25) is 0 Å². The fraction of sp³-hybridized carbons (Fsp3) is 0.263. The molecule has 5 atom stereocenters. The molecular formula is C38H37NO10. The number of rotatable bonds is 14. The van der Waals surface area contributed by atoms with Crippen LogP contribution >= 0.6 is 0 Å². The van der Waals surface area contributed by atoms with E-state index in [0.29, 0.717) is 0 Å². The molecule has 0 aromatic heterocycles. The molecule has 11 nitrogen and oxygen atoms in total. The fourth-order valence-corrected chi connectivity index (χ4v) is 5.88. The highest BCUT2D eigenvalue weighted by Crippen LogP contribution is 2.41. The SMILES string of the molecule is C=CCO[C@@H]1[C@H](OC(C)=O)[C@@H](Oc2ccc([N+](=O)[O-])cc2)O[C@H](COC(c2ccccc2)(c2ccccc2)c2ccccc2)[C@@H]1OC(C)=O. The van der Waals surface area contributed by atoms with Gasteiger partial charge < -0.3 is 28.4 Å². The summed E-state index contributed by atoms with van der Waals surface area (Å²) in [5.41, 5.74) is 1.22. The molecule has 5 rings (SSSR count). The number of esters is 2. The Kier molecular flexibility index (Phi) is 11.5. The van der Waals surface area contributed by atoms with Crippen LogP contribution in [-0.4, -0.2) is 60.8 Å². The van der Waals surface area contributed by atoms with Crippen molar-refractivity contribution in [2.75, 3.05) is 13.2 Å². The topological polar surface area (TPSA) is 133 Å². The van der Waals surface area contributed by atoms with Crippen LogP contribution in [0.5, 0.6) is 5.75 Å². The number of hydrogen-bond donors (Lipinski definition) is 0. The third-order valence-electron chi connectivity index (χ3n) is 7.91. The van der Waals surface area contributed by atoms with Crippen LogP contribution in [0.25, 0.3) is 0 Å². The van der Waals surface area contributed by atoms with E-state index in [0.717, 1.165) is 16.7 Å². The maximum atomic E-state index is 12.5. The van der Waals surface area contributed by atoms with Crippen LogP contribution in [-0.2, 0) is 38.9 Å². The summed E-state index contributed by atoms with van der Waals surface area (Å²) in [7, 11) is 0. The molecule has 0 aliphatic carbocycles. The molecule has 4 aromatic rings. The fourth-order valence-electron chi connectivity index (χ4n) is 5.88. The van der Waals surface area contributed by atoms with E-state index >= 15 is 0 Å². The maximum Gasteiger partial charge on any atom is 0.303 e. The van der Waals surface area contributed by atoms with Crippen molar-refractivity contribution in [1.82, 2.24) is 0 Å². The second-order valence-corrected chi connectivity index (χ2v) is 11.2. The monoisotopic (exact) mass is 667 g/mol. The molecule has 1 saturated heterocycles. The van der Waals surface area contributed by atoms with Gasteiger partial charge in [0.05, 0.1) is 18.1 Å². The first-order chi connectivity index (χ1) is 23.7. The Labute approximate surface area is 284 Å². The van der Waals surface area contributed by atoms with Crippen molar-refractivity contribution in [2.24, 2.45) is 0 Å². The molecule has 1 heterocycles. The number of nitro benzene ring substituents is 1. The van der Waals surface area contributed by atoms with E-state index in [-0.39, 0.29) is 24.7 Å². The number of benzene rings is 4. The first-order valence-corrected chi connectivity index (χ1v) is 15.7. The van der Waals surface area contributed by atoms with Crippen molar-refractivity contribution in [1.29, 1.82) is 0 Å². The van der Waals surface area contributed by atoms with E-state index in [1.165, 1.54) is 44.2 Å². The van der Waals surface area contributed by atoms with E-state index in [1.54, 1.807) is 0 Å². The zero-order valence-electron chi connectivity index (χ0n) is 27.1. The summed E-state index contributed by atoms with van der Waals surface area (Å²) in [6, 6.07) is 34.5. The minimum Gasteiger partial charge on any atom is -0.461 e. The zero-order valence-corrected chi connectivity index (χ0v) is 27.1. The summed E-state index contributed by atoms with van der Waals surface area (Å²) >= 11 is 0. The molecule has 11 heteroatoms. The number of carbonyl (C=O) groups excluding carboxylic acids is 2. The van der Waals surface area contributed by atoms with Gasteiger partial charge in [0.2, 0.25) is 6.29 Å². The quantitative estimate of drug-likeness (QED) is 0.0508. The number of carbonyl (C=O) groups is 2. The van der Waals surface area contributed by atoms with E-state index in [2.05, 4.69) is 6.58 Å². The van der Waals surface area contributed by atoms with Gasteiger partial charge in [-0.25, -0.2) is 0 Å². The minimum absolute atomic E-state index is 0.0139. The van der Waals surface area contributed by atoms with Crippen LogP contribution in [0, 0.1) is 10.1 Å². The van der Waals surface area contributed by atoms with E-state index in [9.17, 15) is 19.7 Å². The van der Waals surface area contributed by atoms with Gasteiger partial charge in [-0.3, -0.25) is 19.7 Å². The van der Waals surface area contributed by atoms with Crippen molar-refractivity contribution in [3.8, 4) is 5.75 Å². The summed E-state index contributed by atoms with van der Waals surface area (Å²) < 4.78 is 37.3. The largest absolute Gasteiger partial charge is 0.461 e. The highest BCUT2D eigenvalue weighted by Gasteiger charge is 2.53. The number of nitrogens with zero attached hydrogens (tertiary/aromatic N) is 1. The van der Waals surface area contributed by atoms with Crippen LogP contribution < -0.4 is 4.74 Å². The van der Waals surface area contributed by atoms with Gasteiger partial charge in [-0.05, 0) is 28.8 Å². The van der Waals surface area contributed by atoms with Crippen LogP contribution in [0.1, 0.15) is 30.5 Å². The van der Waals surface area contributed by atoms with E-state index < -0.39 is 53.2 Å². The van der Waals surface area contributed by atoms with Gasteiger partial charge in [-0.15, -0.1) is 6.58 Å². The van der Waals surface area contributed by atoms with Gasteiger partial charge in [-0.2, -0.15) is 0 Å². The summed E-state index contributed by atoms with van der Waals surface area (Å²) in [4.78, 5) is 35.6. The maximum absolute atomic E-state index is 12.5. The van der Waals surface area contributed by atoms with Crippen molar-refractivity contribution in [3.63, 3.8) is 0 Å². The highest BCUT2D eigenvalue weighted by atomic mass is 16.7. The lowest BCUT2D eigenvalue weighted by atomic mass is 9.80. The third-order valence-corrected chi connectivity index (χ3v) is 7.91. The highest BCUT2D eigenvalue weighted by molar-refractivity contribution is 5.67. The van der Waals surface area contributed by atoms with Gasteiger partial charge >= 0.3 is 11.9 Å². The van der Waals surface area contributed by atoms with Crippen molar-refractivity contribution in [2.45, 2.75) is 50.2 Å². The Morgan fingerprint density at radius 2 is 1.27 bits per heavy atom. The molecule has 0 N–H and O–H groups in total. The number of nitro groups is 1. The van der Waals surface area contributed by atoms with Crippen molar-refractivity contribution in [3.05, 3.63) is 155 Å². The Hall–Kier alpha value is -5.36. The molecule has 0 unspecified atom stereocenters. The predicted octanol–water partition coefficient (Wildman–Crippen LogP) is 6.14. The molecule has 1 fully saturated rings. The smallest absolute Gasteiger partial charge is 0.303 e. The lowest BCUT2D eigenvalue weighted by molar-refractivity contribution is -0.384. The predicted molar refractivity (Wildman–Crippen MR) is 179 cm³/mol. The molecule has 0 bridgehead atoms. The summed E-state index contributed by atoms with van der Waals surface area (Å²) in [6.07, 6.45) is -4.26. The number of non-ortho nitro benzene ring substituents is 1. The Morgan fingerprint density at radius 1 is 0.776 bits per heavy atom. The molecule has 0 saturated carbocycles. The molecule has 49 heavy (non-hydrogen) atoms. The molecule has 1 aliphatic rings. The van der Waals surface area contributed by atoms with Gasteiger partial charge in [0.15, 0.2) is 12.2 Å². The average molecular weight is 668 g/mol. The van der Waals surface area contributed by atoms with Gasteiger partial charge in [0.1, 0.15) is 23.6 Å². The van der Waals surface area contributed by atoms with Crippen LogP contribution in [0.3, 0.4) is 0 Å². The summed E-state index contributed by atoms with van der Waals surface area (Å²) in [5, 5.41) is 11.2. The molecule has 0 spiro atoms. The minimum atomic E-state index is -1.31. The Morgan fingerprint density at radius 3 is 1.71 bits per heavy atom. The molecule has 4 aromatic carbocycles. The second-order valence-electron chi connectivity index (χ2n) is 11.2. The van der Waals surface area contributed by atoms with Gasteiger partial charge in [-0.1, -0.05) is 97.1 Å². The second kappa shape index (κ2) is 16.2. The lowest BCUT2D eigenvalue weighted by Crippen LogP contribution is -2.63. The van der Waals surface area contributed by atoms with Gasteiger partial charge in [0.25, 0.3) is 5.69 Å². The number of hydrogen-bond acceptors (Lipinski definition) is 10. The molecular weight excluding hydrogens is 630 g/mol. The van der Waals surface area contributed by atoms with Crippen LogP contribution in [0.15, 0.2) is 128 Å². The van der Waals surface area contributed by atoms with Crippen molar-refractivity contribution >= 4 is 17.6 Å². The Balaban J connectivity index is 1.59. The Bertz CT molecular complexity index is 1600. The first kappa shape index (κ1) is 35.0. The standard InChI is InChI=1S/C38H37NO10/c1-4-24-44-35-34(46-26(2)40)33(49-37(36(35)47-27(3)41)48-32-22-20-31(21-23-32)39(42)43)25-45-38(28-14-8-5-9-15-28,29-16-10-6-11-17-29)30-18-12-7-13-19-30/h4-23,33-37H,1,24-25H2,2-3H3/t33-,34+,35+,36+,37+/m1/s1. The average Bonchev–Trinajstić information content (AvgIpc) is 3.11. The lowest BCUT2D eigenvalue weighted by Gasteiger charge is -2.45. The zero-order chi connectivity index (χ0) is 34.8. The van der Waals surface area contributed by atoms with Crippen molar-refractivity contribution < 1.29 is 42.9 Å². The van der Waals surface area contributed by atoms with E-state index in [4.69, 9.17) is 28.4 Å². The number of ether oxygens (including phenoxy) is 6. The summed E-state index contributed by atoms with van der Waals surface area (Å²) in [5.74, 6) is -1.08. The molecule has 0 amide bonds. The first-order valence-electron chi connectivity index (χ1n) is 15.7. The van der Waals surface area contributed by atoms with Gasteiger partial charge in [0, 0.05) is 26.0 Å². The van der Waals surface area contributed by atoms with E-state index in [1.807, 2.05) is 91.0 Å². The molecule has 254 valence electrons.